The van der Waals surface area contributed by atoms with Gasteiger partial charge in [0.25, 0.3) is 0 Å². The molecule has 0 saturated heterocycles. The predicted octanol–water partition coefficient (Wildman–Crippen LogP) is 3.35. The summed E-state index contributed by atoms with van der Waals surface area (Å²) in [6, 6.07) is 1.31. The van der Waals surface area contributed by atoms with Crippen LogP contribution in [-0.4, -0.2) is 32.4 Å². The highest BCUT2D eigenvalue weighted by molar-refractivity contribution is 14.1. The van der Waals surface area contributed by atoms with E-state index in [2.05, 4.69) is 86.8 Å². The van der Waals surface area contributed by atoms with Gasteiger partial charge in [0.1, 0.15) is 0 Å². The maximum atomic E-state index is 2.37. The molecule has 0 radical (unpaired) electrons. The van der Waals surface area contributed by atoms with E-state index in [1.807, 2.05) is 0 Å². The Balaban J connectivity index is 3.92. The lowest BCUT2D eigenvalue weighted by molar-refractivity contribution is 0.282. The Hall–Kier alpha value is 1.38. The van der Waals surface area contributed by atoms with E-state index in [1.54, 1.807) is 0 Å². The minimum Gasteiger partial charge on any atom is -0.248 e. The van der Waals surface area contributed by atoms with Gasteiger partial charge in [0, 0.05) is 57.8 Å². The van der Waals surface area contributed by atoms with Crippen LogP contribution in [0.3, 0.4) is 0 Å². The van der Waals surface area contributed by atoms with Crippen molar-refractivity contribution in [1.82, 2.24) is 6.23 Å². The molecular formula is C9H20I2N2. The molecule has 0 heterocycles. The van der Waals surface area contributed by atoms with Crippen molar-refractivity contribution in [3.63, 3.8) is 0 Å². The average Bonchev–Trinajstić information content (AvgIpc) is 2.02. The summed E-state index contributed by atoms with van der Waals surface area (Å²) < 4.78 is 4.52. The molecule has 0 rings (SSSR count). The van der Waals surface area contributed by atoms with E-state index in [0.717, 1.165) is 5.92 Å². The van der Waals surface area contributed by atoms with E-state index in [9.17, 15) is 0 Å². The highest BCUT2D eigenvalue weighted by Crippen LogP contribution is 2.20. The third-order valence-corrected chi connectivity index (χ3v) is 4.53. The summed E-state index contributed by atoms with van der Waals surface area (Å²) in [5.74, 6) is 0.745. The summed E-state index contributed by atoms with van der Waals surface area (Å²) in [4.78, 5) is 0. The van der Waals surface area contributed by atoms with E-state index in [4.69, 9.17) is 0 Å². The number of hydrogen-bond donors (Lipinski definition) is 0. The van der Waals surface area contributed by atoms with Gasteiger partial charge >= 0.3 is 0 Å². The quantitative estimate of drug-likeness (QED) is 0.507. The van der Waals surface area contributed by atoms with Crippen molar-refractivity contribution >= 4 is 45.7 Å². The summed E-state index contributed by atoms with van der Waals surface area (Å²) in [6.07, 6.45) is 1.26. The monoisotopic (exact) mass is 410 g/mol. The molecule has 0 aromatic carbocycles. The Bertz CT molecular complexity index is 140. The number of hydrogen-bond acceptors (Lipinski definition) is 2. The van der Waals surface area contributed by atoms with Gasteiger partial charge in [-0.3, -0.25) is 0 Å². The van der Waals surface area contributed by atoms with Crippen molar-refractivity contribution in [3.05, 3.63) is 0 Å². The topological polar surface area (TPSA) is 6.48 Å². The average molecular weight is 410 g/mol. The lowest BCUT2D eigenvalue weighted by Crippen LogP contribution is -2.31. The first kappa shape index (κ1) is 14.4. The summed E-state index contributed by atoms with van der Waals surface area (Å²) in [6.45, 7) is 6.90. The summed E-state index contributed by atoms with van der Waals surface area (Å²) in [7, 11) is 4.27. The van der Waals surface area contributed by atoms with Crippen molar-refractivity contribution in [2.45, 2.75) is 39.3 Å². The standard InChI is InChI=1S/C9H20I2N2/c1-7(9(3)13(5)11)6-8(2)12(4)10/h7-9H,6H2,1-5H3. The Kier molecular flexibility index (Phi) is 7.51. The van der Waals surface area contributed by atoms with Crippen LogP contribution in [0.5, 0.6) is 0 Å². The van der Waals surface area contributed by atoms with Gasteiger partial charge < -0.3 is 0 Å². The van der Waals surface area contributed by atoms with Gasteiger partial charge in [0.15, 0.2) is 0 Å². The molecule has 0 bridgehead atoms. The minimum atomic E-state index is 0.652. The summed E-state index contributed by atoms with van der Waals surface area (Å²) in [5.41, 5.74) is 0. The largest absolute Gasteiger partial charge is 0.248 e. The highest BCUT2D eigenvalue weighted by Gasteiger charge is 2.18. The first-order chi connectivity index (χ1) is 5.86. The van der Waals surface area contributed by atoms with Crippen LogP contribution in [0, 0.1) is 5.92 Å². The second kappa shape index (κ2) is 6.79. The number of rotatable bonds is 5. The highest BCUT2D eigenvalue weighted by atomic mass is 127. The summed E-state index contributed by atoms with van der Waals surface area (Å²) in [5, 5.41) is 0. The van der Waals surface area contributed by atoms with Gasteiger partial charge in [0.2, 0.25) is 0 Å². The van der Waals surface area contributed by atoms with Crippen LogP contribution < -0.4 is 0 Å². The van der Waals surface area contributed by atoms with E-state index in [0.29, 0.717) is 12.1 Å². The van der Waals surface area contributed by atoms with Gasteiger partial charge in [-0.2, -0.15) is 0 Å². The number of nitrogens with zero attached hydrogens (tertiary/aromatic N) is 2. The first-order valence-electron chi connectivity index (χ1n) is 4.63. The fraction of sp³-hybridized carbons (Fsp3) is 1.00. The van der Waals surface area contributed by atoms with Crippen molar-refractivity contribution in [2.75, 3.05) is 14.1 Å². The molecule has 0 aromatic heterocycles. The van der Waals surface area contributed by atoms with Crippen molar-refractivity contribution in [2.24, 2.45) is 5.92 Å². The molecule has 0 aliphatic rings. The van der Waals surface area contributed by atoms with Gasteiger partial charge in [0.05, 0.1) is 0 Å². The van der Waals surface area contributed by atoms with Crippen LogP contribution in [-0.2, 0) is 0 Å². The third kappa shape index (κ3) is 5.74. The van der Waals surface area contributed by atoms with E-state index >= 15 is 0 Å². The van der Waals surface area contributed by atoms with Crippen molar-refractivity contribution < 1.29 is 0 Å². The van der Waals surface area contributed by atoms with Gasteiger partial charge in [-0.05, 0) is 40.3 Å². The molecule has 0 spiro atoms. The molecule has 0 fully saturated rings. The third-order valence-electron chi connectivity index (χ3n) is 2.70. The molecule has 3 atom stereocenters. The normalized spacial score (nSPS) is 19.2. The second-order valence-electron chi connectivity index (χ2n) is 3.85. The van der Waals surface area contributed by atoms with Crippen LogP contribution in [0.4, 0.5) is 0 Å². The summed E-state index contributed by atoms with van der Waals surface area (Å²) >= 11 is 4.73. The molecule has 4 heteroatoms. The van der Waals surface area contributed by atoms with E-state index < -0.39 is 0 Å². The number of halogens is 2. The molecule has 13 heavy (non-hydrogen) atoms. The van der Waals surface area contributed by atoms with Crippen molar-refractivity contribution in [3.8, 4) is 0 Å². The fourth-order valence-electron chi connectivity index (χ4n) is 1.23. The zero-order valence-electron chi connectivity index (χ0n) is 9.09. The molecule has 0 aliphatic heterocycles. The first-order valence-corrected chi connectivity index (χ1v) is 6.56. The van der Waals surface area contributed by atoms with Gasteiger partial charge in [-0.15, -0.1) is 0 Å². The van der Waals surface area contributed by atoms with Gasteiger partial charge in [-0.1, -0.05) is 6.92 Å². The Morgan fingerprint density at radius 1 is 1.00 bits per heavy atom. The molecule has 0 N–H and O–H groups in total. The second-order valence-corrected chi connectivity index (χ2v) is 6.90. The molecule has 80 valence electrons. The van der Waals surface area contributed by atoms with Crippen LogP contribution in [0.15, 0.2) is 0 Å². The Morgan fingerprint density at radius 2 is 1.46 bits per heavy atom. The maximum absolute atomic E-state index is 2.37. The Labute approximate surface area is 110 Å². The maximum Gasteiger partial charge on any atom is 0.0201 e. The van der Waals surface area contributed by atoms with Crippen molar-refractivity contribution in [1.29, 1.82) is 0 Å². The van der Waals surface area contributed by atoms with E-state index in [-0.39, 0.29) is 0 Å². The van der Waals surface area contributed by atoms with Gasteiger partial charge in [-0.25, -0.2) is 6.23 Å². The lowest BCUT2D eigenvalue weighted by atomic mass is 9.96. The molecular weight excluding hydrogens is 390 g/mol. The zero-order chi connectivity index (χ0) is 10.6. The fourth-order valence-corrected chi connectivity index (χ4v) is 2.01. The van der Waals surface area contributed by atoms with Crippen LogP contribution >= 0.6 is 45.7 Å². The SMILES string of the molecule is CC(CC(C)N(C)I)C(C)N(C)I. The molecule has 3 unspecified atom stereocenters. The van der Waals surface area contributed by atoms with Crippen LogP contribution in [0.1, 0.15) is 27.2 Å². The molecule has 0 saturated carbocycles. The predicted molar refractivity (Wildman–Crippen MR) is 76.3 cm³/mol. The molecule has 0 aliphatic carbocycles. The lowest BCUT2D eigenvalue weighted by Gasteiger charge is -2.28. The van der Waals surface area contributed by atoms with E-state index in [1.165, 1.54) is 6.42 Å². The van der Waals surface area contributed by atoms with Crippen LogP contribution in [0.2, 0.25) is 0 Å². The molecule has 0 aromatic rings. The minimum absolute atomic E-state index is 0.652. The molecule has 0 amide bonds. The zero-order valence-corrected chi connectivity index (χ0v) is 13.4. The Morgan fingerprint density at radius 3 is 1.77 bits per heavy atom. The molecule has 2 nitrogen and oxygen atoms in total. The van der Waals surface area contributed by atoms with Crippen LogP contribution in [0.25, 0.3) is 0 Å². The smallest absolute Gasteiger partial charge is 0.0201 e.